The lowest BCUT2D eigenvalue weighted by molar-refractivity contribution is 0.0550. The lowest BCUT2D eigenvalue weighted by Gasteiger charge is -2.32. The molecule has 2 aromatic heterocycles. The van der Waals surface area contributed by atoms with Crippen LogP contribution in [0.3, 0.4) is 0 Å². The largest absolute Gasteiger partial charge is 0.387 e. The minimum Gasteiger partial charge on any atom is -0.387 e. The predicted molar refractivity (Wildman–Crippen MR) is 94.7 cm³/mol. The Morgan fingerprint density at radius 3 is 3.04 bits per heavy atom. The van der Waals surface area contributed by atoms with Crippen LogP contribution in [0.25, 0.3) is 11.1 Å². The Hall–Kier alpha value is -2.73. The summed E-state index contributed by atoms with van der Waals surface area (Å²) in [6, 6.07) is 7.74. The molecule has 1 amide bonds. The Bertz CT molecular complexity index is 1040. The van der Waals surface area contributed by atoms with Gasteiger partial charge in [0.2, 0.25) is 0 Å². The number of carbonyl (C=O) groups excluding carboxylic acids is 1. The fraction of sp³-hybridized carbons (Fsp3) is 0.350. The van der Waals surface area contributed by atoms with E-state index in [1.165, 1.54) is 0 Å². The van der Waals surface area contributed by atoms with Crippen molar-refractivity contribution in [2.75, 3.05) is 6.54 Å². The topological polar surface area (TPSA) is 79.5 Å². The van der Waals surface area contributed by atoms with Crippen molar-refractivity contribution in [3.63, 3.8) is 0 Å². The van der Waals surface area contributed by atoms with Crippen LogP contribution in [0, 0.1) is 6.92 Å². The van der Waals surface area contributed by atoms with E-state index < -0.39 is 6.10 Å². The fourth-order valence-corrected chi connectivity index (χ4v) is 4.25. The number of pyridine rings is 1. The molecule has 0 bridgehead atoms. The first-order valence-electron chi connectivity index (χ1n) is 8.96. The third-order valence-electron chi connectivity index (χ3n) is 5.49. The van der Waals surface area contributed by atoms with E-state index in [0.29, 0.717) is 35.4 Å². The number of amides is 1. The number of aliphatic hydroxyl groups is 1. The number of benzene rings is 1. The molecule has 132 valence electrons. The normalized spacial score (nSPS) is 18.8. The standard InChI is InChI=1S/C20H19N3O3/c1-11-17-18(14-7-4-8-15(14)21-19(17)26-22-11)20(25)23-9-12-5-2-3-6-13(12)16(24)10-23/h2-3,5-6,16,24H,4,7-10H2,1H3/t16-/m0/s1. The van der Waals surface area contributed by atoms with Crippen LogP contribution in [0.4, 0.5) is 0 Å². The van der Waals surface area contributed by atoms with Gasteiger partial charge in [0.15, 0.2) is 0 Å². The summed E-state index contributed by atoms with van der Waals surface area (Å²) >= 11 is 0. The molecule has 0 fully saturated rings. The van der Waals surface area contributed by atoms with Crippen molar-refractivity contribution in [2.24, 2.45) is 0 Å². The quantitative estimate of drug-likeness (QED) is 0.731. The molecule has 1 aromatic carbocycles. The summed E-state index contributed by atoms with van der Waals surface area (Å²) < 4.78 is 5.35. The lowest BCUT2D eigenvalue weighted by Crippen LogP contribution is -2.38. The van der Waals surface area contributed by atoms with Gasteiger partial charge in [0.1, 0.15) is 0 Å². The van der Waals surface area contributed by atoms with Gasteiger partial charge in [-0.2, -0.15) is 0 Å². The number of fused-ring (bicyclic) bond motifs is 3. The van der Waals surface area contributed by atoms with Gasteiger partial charge in [0.25, 0.3) is 11.6 Å². The van der Waals surface area contributed by atoms with Crippen molar-refractivity contribution >= 4 is 17.0 Å². The Kier molecular flexibility index (Phi) is 3.37. The van der Waals surface area contributed by atoms with Crippen LogP contribution < -0.4 is 0 Å². The molecule has 5 rings (SSSR count). The van der Waals surface area contributed by atoms with Gasteiger partial charge in [-0.1, -0.05) is 29.4 Å². The average Bonchev–Trinajstić information content (AvgIpc) is 3.26. The van der Waals surface area contributed by atoms with Gasteiger partial charge < -0.3 is 14.5 Å². The molecule has 3 aromatic rings. The summed E-state index contributed by atoms with van der Waals surface area (Å²) in [5.74, 6) is -0.0737. The molecule has 3 heterocycles. The lowest BCUT2D eigenvalue weighted by atomic mass is 9.95. The third-order valence-corrected chi connectivity index (χ3v) is 5.49. The van der Waals surface area contributed by atoms with Crippen LogP contribution >= 0.6 is 0 Å². The highest BCUT2D eigenvalue weighted by Crippen LogP contribution is 2.34. The fourth-order valence-electron chi connectivity index (χ4n) is 4.25. The highest BCUT2D eigenvalue weighted by atomic mass is 16.5. The number of aryl methyl sites for hydroxylation is 2. The number of hydrogen-bond acceptors (Lipinski definition) is 5. The Morgan fingerprint density at radius 2 is 2.15 bits per heavy atom. The van der Waals surface area contributed by atoms with Gasteiger partial charge in [0, 0.05) is 12.2 Å². The first kappa shape index (κ1) is 15.5. The van der Waals surface area contributed by atoms with E-state index in [-0.39, 0.29) is 5.91 Å². The zero-order valence-electron chi connectivity index (χ0n) is 14.5. The molecule has 1 aliphatic heterocycles. The third kappa shape index (κ3) is 2.18. The molecular weight excluding hydrogens is 330 g/mol. The maximum absolute atomic E-state index is 13.5. The van der Waals surface area contributed by atoms with Gasteiger partial charge in [-0.05, 0) is 42.9 Å². The van der Waals surface area contributed by atoms with Gasteiger partial charge in [-0.15, -0.1) is 0 Å². The van der Waals surface area contributed by atoms with Gasteiger partial charge >= 0.3 is 0 Å². The number of β-amino-alcohol motifs (C(OH)–C–C–N with tert-alkyl or cyclic N) is 1. The van der Waals surface area contributed by atoms with E-state index in [4.69, 9.17) is 4.52 Å². The molecular formula is C20H19N3O3. The molecule has 0 unspecified atom stereocenters. The average molecular weight is 349 g/mol. The van der Waals surface area contributed by atoms with E-state index in [9.17, 15) is 9.90 Å². The minimum absolute atomic E-state index is 0.0737. The summed E-state index contributed by atoms with van der Waals surface area (Å²) in [6.07, 6.45) is 2.03. The summed E-state index contributed by atoms with van der Waals surface area (Å²) in [7, 11) is 0. The van der Waals surface area contributed by atoms with E-state index in [2.05, 4.69) is 10.1 Å². The first-order valence-corrected chi connectivity index (χ1v) is 8.96. The molecule has 0 radical (unpaired) electrons. The number of aliphatic hydroxyl groups excluding tert-OH is 1. The molecule has 6 nitrogen and oxygen atoms in total. The second-order valence-electron chi connectivity index (χ2n) is 7.11. The number of aromatic nitrogens is 2. The van der Waals surface area contributed by atoms with Crippen LogP contribution in [-0.4, -0.2) is 32.6 Å². The Balaban J connectivity index is 1.63. The van der Waals surface area contributed by atoms with E-state index in [0.717, 1.165) is 41.6 Å². The van der Waals surface area contributed by atoms with Crippen LogP contribution in [0.5, 0.6) is 0 Å². The SMILES string of the molecule is Cc1noc2nc3c(c(C(=O)N4Cc5ccccc5[C@@H](O)C4)c12)CCC3. The van der Waals surface area contributed by atoms with Gasteiger partial charge in [-0.25, -0.2) is 4.98 Å². The molecule has 6 heteroatoms. The number of carbonyl (C=O) groups is 1. The zero-order valence-corrected chi connectivity index (χ0v) is 14.5. The van der Waals surface area contributed by atoms with Crippen molar-refractivity contribution in [1.29, 1.82) is 0 Å². The highest BCUT2D eigenvalue weighted by Gasteiger charge is 2.33. The smallest absolute Gasteiger partial charge is 0.259 e. The Labute approximate surface area is 150 Å². The number of hydrogen-bond donors (Lipinski definition) is 1. The van der Waals surface area contributed by atoms with Crippen LogP contribution in [0.2, 0.25) is 0 Å². The monoisotopic (exact) mass is 349 g/mol. The van der Waals surface area contributed by atoms with E-state index >= 15 is 0 Å². The van der Waals surface area contributed by atoms with Gasteiger partial charge in [-0.3, -0.25) is 4.79 Å². The van der Waals surface area contributed by atoms with E-state index in [1.807, 2.05) is 31.2 Å². The summed E-state index contributed by atoms with van der Waals surface area (Å²) in [5, 5.41) is 15.2. The first-order chi connectivity index (χ1) is 12.6. The van der Waals surface area contributed by atoms with Crippen molar-refractivity contribution in [2.45, 2.75) is 38.8 Å². The van der Waals surface area contributed by atoms with Crippen LogP contribution in [0.1, 0.15) is 51.0 Å². The van der Waals surface area contributed by atoms with E-state index in [1.54, 1.807) is 4.90 Å². The van der Waals surface area contributed by atoms with Crippen LogP contribution in [0.15, 0.2) is 28.8 Å². The van der Waals surface area contributed by atoms with Crippen molar-refractivity contribution in [1.82, 2.24) is 15.0 Å². The molecule has 26 heavy (non-hydrogen) atoms. The van der Waals surface area contributed by atoms with Crippen molar-refractivity contribution in [3.8, 4) is 0 Å². The maximum atomic E-state index is 13.5. The highest BCUT2D eigenvalue weighted by molar-refractivity contribution is 6.07. The van der Waals surface area contributed by atoms with Gasteiger partial charge in [0.05, 0.1) is 29.3 Å². The molecule has 1 atom stereocenters. The van der Waals surface area contributed by atoms with Crippen molar-refractivity contribution < 1.29 is 14.4 Å². The number of rotatable bonds is 1. The second kappa shape index (κ2) is 5.64. The second-order valence-corrected chi connectivity index (χ2v) is 7.11. The summed E-state index contributed by atoms with van der Waals surface area (Å²) in [5.41, 5.74) is 5.63. The predicted octanol–water partition coefficient (Wildman–Crippen LogP) is 2.71. The molecule has 2 aliphatic rings. The van der Waals surface area contributed by atoms with Crippen LogP contribution in [-0.2, 0) is 19.4 Å². The molecule has 1 N–H and O–H groups in total. The van der Waals surface area contributed by atoms with Crippen molar-refractivity contribution in [3.05, 3.63) is 57.9 Å². The molecule has 1 aliphatic carbocycles. The summed E-state index contributed by atoms with van der Waals surface area (Å²) in [4.78, 5) is 19.8. The maximum Gasteiger partial charge on any atom is 0.259 e. The minimum atomic E-state index is -0.669. The molecule has 0 saturated heterocycles. The Morgan fingerprint density at radius 1 is 1.31 bits per heavy atom. The summed E-state index contributed by atoms with van der Waals surface area (Å²) in [6.45, 7) is 2.62. The number of nitrogens with zero attached hydrogens (tertiary/aromatic N) is 3. The molecule has 0 spiro atoms. The zero-order chi connectivity index (χ0) is 17.8. The molecule has 0 saturated carbocycles.